The minimum Gasteiger partial charge on any atom is -0.466 e. The Morgan fingerprint density at radius 1 is 0.342 bits per heavy atom. The summed E-state index contributed by atoms with van der Waals surface area (Å²) in [6.07, 6.45) is 85.5. The van der Waals surface area contributed by atoms with Gasteiger partial charge in [-0.05, 0) is 51.4 Å². The van der Waals surface area contributed by atoms with Gasteiger partial charge < -0.3 is 20.3 Å². The highest BCUT2D eigenvalue weighted by Crippen LogP contribution is 2.19. The molecule has 0 aromatic rings. The first-order valence-corrected chi connectivity index (χ1v) is 36.4. The topological polar surface area (TPSA) is 95.9 Å². The quantitative estimate of drug-likeness (QED) is 0.0320. The van der Waals surface area contributed by atoms with Crippen LogP contribution in [-0.4, -0.2) is 47.4 Å². The molecule has 79 heavy (non-hydrogen) atoms. The predicted molar refractivity (Wildman–Crippen MR) is 347 cm³/mol. The molecule has 0 aromatic heterocycles. The summed E-state index contributed by atoms with van der Waals surface area (Å²) in [7, 11) is 0. The highest BCUT2D eigenvalue weighted by atomic mass is 16.5. The Morgan fingerprint density at radius 3 is 0.899 bits per heavy atom. The van der Waals surface area contributed by atoms with Crippen molar-refractivity contribution in [2.24, 2.45) is 0 Å². The molecular formula is C73H143NO5. The van der Waals surface area contributed by atoms with E-state index in [4.69, 9.17) is 4.74 Å². The van der Waals surface area contributed by atoms with Crippen LogP contribution in [0.5, 0.6) is 0 Å². The molecule has 6 nitrogen and oxygen atoms in total. The van der Waals surface area contributed by atoms with Gasteiger partial charge in [-0.2, -0.15) is 0 Å². The van der Waals surface area contributed by atoms with E-state index < -0.39 is 12.1 Å². The number of amides is 1. The van der Waals surface area contributed by atoms with Crippen LogP contribution >= 0.6 is 0 Å². The van der Waals surface area contributed by atoms with Crippen molar-refractivity contribution in [1.29, 1.82) is 0 Å². The number of unbranched alkanes of at least 4 members (excludes halogenated alkanes) is 56. The van der Waals surface area contributed by atoms with Crippen LogP contribution in [0.3, 0.4) is 0 Å². The van der Waals surface area contributed by atoms with Crippen molar-refractivity contribution in [3.63, 3.8) is 0 Å². The van der Waals surface area contributed by atoms with E-state index in [1.54, 1.807) is 0 Å². The number of carbonyl (C=O) groups is 2. The van der Waals surface area contributed by atoms with Gasteiger partial charge in [-0.1, -0.05) is 366 Å². The maximum atomic E-state index is 12.5. The van der Waals surface area contributed by atoms with E-state index in [0.717, 1.165) is 38.5 Å². The van der Waals surface area contributed by atoms with Gasteiger partial charge in [0, 0.05) is 12.8 Å². The molecule has 0 aliphatic carbocycles. The van der Waals surface area contributed by atoms with Crippen LogP contribution in [-0.2, 0) is 14.3 Å². The summed E-state index contributed by atoms with van der Waals surface area (Å²) in [6, 6.07) is -0.543. The van der Waals surface area contributed by atoms with Crippen molar-refractivity contribution < 1.29 is 24.5 Å². The van der Waals surface area contributed by atoms with Crippen LogP contribution in [0.2, 0.25) is 0 Å². The Balaban J connectivity index is 3.36. The number of carbonyl (C=O) groups excluding carboxylic acids is 2. The molecule has 470 valence electrons. The van der Waals surface area contributed by atoms with Gasteiger partial charge in [0.2, 0.25) is 5.91 Å². The number of nitrogens with one attached hydrogen (secondary N) is 1. The highest BCUT2D eigenvalue weighted by Gasteiger charge is 2.20. The fourth-order valence-corrected chi connectivity index (χ4v) is 11.8. The SMILES string of the molecule is CCCCCCCCCCCCCCCCCCCCCC(=O)OCCCCCCCCCCCCCC/C=C\CCCCCCCCCCCCC(=O)NC(CO)C(O)CCCCCCCCCCCCCCCCCCC. The maximum Gasteiger partial charge on any atom is 0.305 e. The second-order valence-corrected chi connectivity index (χ2v) is 25.3. The van der Waals surface area contributed by atoms with Crippen LogP contribution in [0.15, 0.2) is 12.2 Å². The molecule has 0 fully saturated rings. The summed E-state index contributed by atoms with van der Waals surface area (Å²) in [5.41, 5.74) is 0. The van der Waals surface area contributed by atoms with Gasteiger partial charge in [-0.3, -0.25) is 9.59 Å². The maximum absolute atomic E-state index is 12.5. The summed E-state index contributed by atoms with van der Waals surface area (Å²) in [6.45, 7) is 5.00. The molecular weight excluding hydrogens is 971 g/mol. The fourth-order valence-electron chi connectivity index (χ4n) is 11.8. The summed E-state index contributed by atoms with van der Waals surface area (Å²) in [5, 5.41) is 23.4. The number of aliphatic hydroxyl groups is 2. The molecule has 0 rings (SSSR count). The van der Waals surface area contributed by atoms with Gasteiger partial charge in [-0.25, -0.2) is 0 Å². The molecule has 0 heterocycles. The molecule has 0 radical (unpaired) electrons. The third kappa shape index (κ3) is 65.6. The highest BCUT2D eigenvalue weighted by molar-refractivity contribution is 5.76. The Hall–Kier alpha value is -1.40. The summed E-state index contributed by atoms with van der Waals surface area (Å²) < 4.78 is 5.51. The van der Waals surface area contributed by atoms with Crippen molar-refractivity contribution >= 4 is 11.9 Å². The lowest BCUT2D eigenvalue weighted by molar-refractivity contribution is -0.143. The van der Waals surface area contributed by atoms with Crippen molar-refractivity contribution in [2.75, 3.05) is 13.2 Å². The number of allylic oxidation sites excluding steroid dienone is 2. The number of hydrogen-bond donors (Lipinski definition) is 3. The first-order chi connectivity index (χ1) is 39.0. The third-order valence-corrected chi connectivity index (χ3v) is 17.3. The lowest BCUT2D eigenvalue weighted by atomic mass is 10.0. The van der Waals surface area contributed by atoms with Gasteiger partial charge in [-0.15, -0.1) is 0 Å². The molecule has 2 atom stereocenters. The minimum absolute atomic E-state index is 0.0203. The van der Waals surface area contributed by atoms with Crippen molar-refractivity contribution in [3.8, 4) is 0 Å². The normalized spacial score (nSPS) is 12.5. The number of rotatable bonds is 69. The summed E-state index contributed by atoms with van der Waals surface area (Å²) in [4.78, 5) is 24.6. The average molecular weight is 1110 g/mol. The van der Waals surface area contributed by atoms with Gasteiger partial charge in [0.05, 0.1) is 25.4 Å². The van der Waals surface area contributed by atoms with Gasteiger partial charge in [0.1, 0.15) is 0 Å². The lowest BCUT2D eigenvalue weighted by Gasteiger charge is -2.22. The summed E-state index contributed by atoms with van der Waals surface area (Å²) in [5.74, 6) is -0.0125. The van der Waals surface area contributed by atoms with Crippen LogP contribution < -0.4 is 5.32 Å². The molecule has 3 N–H and O–H groups in total. The van der Waals surface area contributed by atoms with Crippen molar-refractivity contribution in [2.45, 2.75) is 431 Å². The average Bonchev–Trinajstić information content (AvgIpc) is 3.45. The van der Waals surface area contributed by atoms with Crippen LogP contribution in [0, 0.1) is 0 Å². The Bertz CT molecular complexity index is 1190. The standard InChI is InChI=1S/C73H143NO5/c1-3-5-7-9-11-13-15-17-19-21-30-35-39-43-47-51-55-59-63-67-73(78)79-68-64-60-56-52-48-44-40-36-32-29-27-25-23-22-24-26-28-31-34-38-42-46-50-54-58-62-66-72(77)74-70(69-75)71(76)65-61-57-53-49-45-41-37-33-20-18-16-14-12-10-8-6-4-2/h22,24,70-71,75-76H,3-21,23,25-69H2,1-2H3,(H,74,77)/b24-22-. The van der Waals surface area contributed by atoms with Crippen LogP contribution in [0.25, 0.3) is 0 Å². The predicted octanol–water partition coefficient (Wildman–Crippen LogP) is 23.5. The lowest BCUT2D eigenvalue weighted by Crippen LogP contribution is -2.45. The molecule has 6 heteroatoms. The van der Waals surface area contributed by atoms with Gasteiger partial charge in [0.25, 0.3) is 0 Å². The van der Waals surface area contributed by atoms with E-state index in [9.17, 15) is 19.8 Å². The fraction of sp³-hybridized carbons (Fsp3) is 0.945. The van der Waals surface area contributed by atoms with E-state index in [1.165, 1.54) is 347 Å². The summed E-state index contributed by atoms with van der Waals surface area (Å²) >= 11 is 0. The molecule has 0 saturated carbocycles. The largest absolute Gasteiger partial charge is 0.466 e. The van der Waals surface area contributed by atoms with E-state index >= 15 is 0 Å². The molecule has 0 aromatic carbocycles. The molecule has 0 aliphatic heterocycles. The second kappa shape index (κ2) is 69.1. The molecule has 0 saturated heterocycles. The zero-order valence-corrected chi connectivity index (χ0v) is 53.9. The van der Waals surface area contributed by atoms with Gasteiger partial charge >= 0.3 is 5.97 Å². The molecule has 1 amide bonds. The number of ether oxygens (including phenoxy) is 1. The molecule has 0 spiro atoms. The second-order valence-electron chi connectivity index (χ2n) is 25.3. The van der Waals surface area contributed by atoms with Crippen LogP contribution in [0.1, 0.15) is 418 Å². The monoisotopic (exact) mass is 1110 g/mol. The molecule has 0 bridgehead atoms. The van der Waals surface area contributed by atoms with E-state index in [1.807, 2.05) is 0 Å². The van der Waals surface area contributed by atoms with E-state index in [0.29, 0.717) is 25.9 Å². The Labute approximate surface area is 495 Å². The van der Waals surface area contributed by atoms with Crippen molar-refractivity contribution in [1.82, 2.24) is 5.32 Å². The number of esters is 1. The van der Waals surface area contributed by atoms with E-state index in [-0.39, 0.29) is 18.5 Å². The van der Waals surface area contributed by atoms with Crippen LogP contribution in [0.4, 0.5) is 0 Å². The Kier molecular flexibility index (Phi) is 67.9. The first kappa shape index (κ1) is 77.6. The first-order valence-electron chi connectivity index (χ1n) is 36.4. The minimum atomic E-state index is -0.665. The Morgan fingerprint density at radius 2 is 0.595 bits per heavy atom. The zero-order valence-electron chi connectivity index (χ0n) is 53.9. The molecule has 0 aliphatic rings. The van der Waals surface area contributed by atoms with Crippen molar-refractivity contribution in [3.05, 3.63) is 12.2 Å². The number of hydrogen-bond acceptors (Lipinski definition) is 5. The van der Waals surface area contributed by atoms with E-state index in [2.05, 4.69) is 31.3 Å². The van der Waals surface area contributed by atoms with Gasteiger partial charge in [0.15, 0.2) is 0 Å². The zero-order chi connectivity index (χ0) is 57.1. The number of aliphatic hydroxyl groups excluding tert-OH is 2. The smallest absolute Gasteiger partial charge is 0.305 e. The molecule has 2 unspecified atom stereocenters. The third-order valence-electron chi connectivity index (χ3n) is 17.3.